The number of halogens is 2. The summed E-state index contributed by atoms with van der Waals surface area (Å²) in [5.74, 6) is 1.13. The van der Waals surface area contributed by atoms with Crippen LogP contribution in [0, 0.1) is 5.82 Å². The number of rotatable bonds is 6. The molecule has 0 atom stereocenters. The zero-order valence-electron chi connectivity index (χ0n) is 14.0. The van der Waals surface area contributed by atoms with Crippen molar-refractivity contribution in [1.29, 1.82) is 0 Å². The minimum Gasteiger partial charge on any atom is -0.497 e. The van der Waals surface area contributed by atoms with Crippen molar-refractivity contribution in [2.75, 3.05) is 14.2 Å². The van der Waals surface area contributed by atoms with Crippen molar-refractivity contribution < 1.29 is 13.5 Å². The van der Waals surface area contributed by atoms with Crippen molar-refractivity contribution in [2.45, 2.75) is 13.1 Å². The molecule has 130 valence electrons. The lowest BCUT2D eigenvalue weighted by molar-refractivity contribution is 0.309. The zero-order chi connectivity index (χ0) is 17.8. The predicted molar refractivity (Wildman–Crippen MR) is 97.8 cm³/mol. The zero-order valence-corrected chi connectivity index (χ0v) is 15.6. The average molecular weight is 405 g/mol. The summed E-state index contributed by atoms with van der Waals surface area (Å²) in [5.41, 5.74) is 2.31. The maximum atomic E-state index is 13.9. The molecule has 0 radical (unpaired) electrons. The Morgan fingerprint density at radius 1 is 1.16 bits per heavy atom. The SMILES string of the molecule is COc1ccc(-c2nc(CN(C)Cc3cc(Br)ccc3F)co2)cc1. The van der Waals surface area contributed by atoms with Crippen LogP contribution in [0.15, 0.2) is 57.6 Å². The molecule has 0 aliphatic rings. The van der Waals surface area contributed by atoms with Gasteiger partial charge in [0.15, 0.2) is 0 Å². The molecule has 0 aliphatic heterocycles. The average Bonchev–Trinajstić information content (AvgIpc) is 3.06. The van der Waals surface area contributed by atoms with Gasteiger partial charge < -0.3 is 9.15 Å². The Bertz CT molecular complexity index is 849. The van der Waals surface area contributed by atoms with Gasteiger partial charge in [0.1, 0.15) is 17.8 Å². The number of benzene rings is 2. The number of oxazole rings is 1. The maximum absolute atomic E-state index is 13.9. The molecule has 2 aromatic carbocycles. The number of nitrogens with zero attached hydrogens (tertiary/aromatic N) is 2. The van der Waals surface area contributed by atoms with E-state index in [9.17, 15) is 4.39 Å². The maximum Gasteiger partial charge on any atom is 0.226 e. The van der Waals surface area contributed by atoms with Gasteiger partial charge in [-0.25, -0.2) is 9.37 Å². The standard InChI is InChI=1S/C19H18BrFN2O2/c1-23(10-14-9-15(20)5-8-18(14)21)11-16-12-25-19(22-16)13-3-6-17(24-2)7-4-13/h3-9,12H,10-11H2,1-2H3. The monoisotopic (exact) mass is 404 g/mol. The van der Waals surface area contributed by atoms with Gasteiger partial charge in [0.25, 0.3) is 0 Å². The summed E-state index contributed by atoms with van der Waals surface area (Å²) in [7, 11) is 3.55. The lowest BCUT2D eigenvalue weighted by atomic mass is 10.2. The fourth-order valence-corrected chi connectivity index (χ4v) is 2.94. The molecule has 0 bridgehead atoms. The Hall–Kier alpha value is -2.18. The van der Waals surface area contributed by atoms with Crippen LogP contribution in [0.5, 0.6) is 5.75 Å². The van der Waals surface area contributed by atoms with Gasteiger partial charge in [0.05, 0.1) is 12.8 Å². The highest BCUT2D eigenvalue weighted by atomic mass is 79.9. The molecular formula is C19H18BrFN2O2. The largest absolute Gasteiger partial charge is 0.497 e. The van der Waals surface area contributed by atoms with E-state index in [0.717, 1.165) is 21.5 Å². The number of ether oxygens (including phenoxy) is 1. The lowest BCUT2D eigenvalue weighted by Crippen LogP contribution is -2.18. The Kier molecular flexibility index (Phi) is 5.50. The van der Waals surface area contributed by atoms with Gasteiger partial charge in [-0.2, -0.15) is 0 Å². The van der Waals surface area contributed by atoms with Crippen LogP contribution in [-0.2, 0) is 13.1 Å². The molecule has 1 heterocycles. The molecule has 6 heteroatoms. The van der Waals surface area contributed by atoms with E-state index in [0.29, 0.717) is 24.5 Å². The Morgan fingerprint density at radius 2 is 1.92 bits per heavy atom. The van der Waals surface area contributed by atoms with Gasteiger partial charge in [-0.05, 0) is 49.5 Å². The summed E-state index contributed by atoms with van der Waals surface area (Å²) in [6.07, 6.45) is 1.63. The van der Waals surface area contributed by atoms with Gasteiger partial charge in [-0.15, -0.1) is 0 Å². The van der Waals surface area contributed by atoms with E-state index in [1.54, 1.807) is 25.5 Å². The fraction of sp³-hybridized carbons (Fsp3) is 0.211. The third-order valence-corrected chi connectivity index (χ3v) is 4.26. The second-order valence-corrected chi connectivity index (χ2v) is 6.70. The van der Waals surface area contributed by atoms with E-state index in [1.807, 2.05) is 36.2 Å². The molecule has 0 unspecified atom stereocenters. The van der Waals surface area contributed by atoms with Crippen LogP contribution in [-0.4, -0.2) is 24.0 Å². The fourth-order valence-electron chi connectivity index (χ4n) is 2.53. The molecule has 25 heavy (non-hydrogen) atoms. The quantitative estimate of drug-likeness (QED) is 0.586. The normalized spacial score (nSPS) is 11.1. The summed E-state index contributed by atoms with van der Waals surface area (Å²) < 4.78 is 25.4. The topological polar surface area (TPSA) is 38.5 Å². The lowest BCUT2D eigenvalue weighted by Gasteiger charge is -2.15. The predicted octanol–water partition coefficient (Wildman–Crippen LogP) is 4.88. The van der Waals surface area contributed by atoms with E-state index in [4.69, 9.17) is 9.15 Å². The van der Waals surface area contributed by atoms with Crippen LogP contribution in [0.2, 0.25) is 0 Å². The molecule has 3 aromatic rings. The molecular weight excluding hydrogens is 387 g/mol. The smallest absolute Gasteiger partial charge is 0.226 e. The van der Waals surface area contributed by atoms with E-state index in [1.165, 1.54) is 6.07 Å². The molecule has 0 fully saturated rings. The first-order valence-corrected chi connectivity index (χ1v) is 8.56. The number of aromatic nitrogens is 1. The van der Waals surface area contributed by atoms with Gasteiger partial charge >= 0.3 is 0 Å². The van der Waals surface area contributed by atoms with Crippen LogP contribution < -0.4 is 4.74 Å². The summed E-state index contributed by atoms with van der Waals surface area (Å²) in [6.45, 7) is 1.04. The Morgan fingerprint density at radius 3 is 2.64 bits per heavy atom. The molecule has 0 N–H and O–H groups in total. The molecule has 0 aliphatic carbocycles. The summed E-state index contributed by atoms with van der Waals surface area (Å²) in [6, 6.07) is 12.5. The van der Waals surface area contributed by atoms with Crippen LogP contribution in [0.25, 0.3) is 11.5 Å². The number of hydrogen-bond acceptors (Lipinski definition) is 4. The van der Waals surface area contributed by atoms with Crippen molar-refractivity contribution >= 4 is 15.9 Å². The minimum absolute atomic E-state index is 0.214. The summed E-state index contributed by atoms with van der Waals surface area (Å²) >= 11 is 3.37. The van der Waals surface area contributed by atoms with Crippen molar-refractivity contribution in [3.63, 3.8) is 0 Å². The summed E-state index contributed by atoms with van der Waals surface area (Å²) in [4.78, 5) is 6.49. The minimum atomic E-state index is -0.214. The van der Waals surface area contributed by atoms with Crippen LogP contribution >= 0.6 is 15.9 Å². The van der Waals surface area contributed by atoms with Gasteiger partial charge in [-0.1, -0.05) is 15.9 Å². The number of methoxy groups -OCH3 is 1. The van der Waals surface area contributed by atoms with Crippen molar-refractivity contribution in [3.8, 4) is 17.2 Å². The van der Waals surface area contributed by atoms with E-state index in [-0.39, 0.29) is 5.82 Å². The van der Waals surface area contributed by atoms with Crippen molar-refractivity contribution in [2.24, 2.45) is 0 Å². The second kappa shape index (κ2) is 7.80. The molecule has 0 spiro atoms. The molecule has 3 rings (SSSR count). The molecule has 4 nitrogen and oxygen atoms in total. The second-order valence-electron chi connectivity index (χ2n) is 5.78. The van der Waals surface area contributed by atoms with Gasteiger partial charge in [0, 0.05) is 28.7 Å². The highest BCUT2D eigenvalue weighted by Crippen LogP contribution is 2.22. The van der Waals surface area contributed by atoms with E-state index < -0.39 is 0 Å². The van der Waals surface area contributed by atoms with Crippen LogP contribution in [0.4, 0.5) is 4.39 Å². The molecule has 0 amide bonds. The molecule has 1 aromatic heterocycles. The first kappa shape index (κ1) is 17.6. The van der Waals surface area contributed by atoms with Crippen LogP contribution in [0.3, 0.4) is 0 Å². The third-order valence-electron chi connectivity index (χ3n) is 3.77. The first-order valence-electron chi connectivity index (χ1n) is 7.76. The Labute approximate surface area is 154 Å². The first-order chi connectivity index (χ1) is 12.0. The van der Waals surface area contributed by atoms with Crippen molar-refractivity contribution in [1.82, 2.24) is 9.88 Å². The highest BCUT2D eigenvalue weighted by Gasteiger charge is 2.11. The van der Waals surface area contributed by atoms with E-state index in [2.05, 4.69) is 20.9 Å². The third kappa shape index (κ3) is 4.46. The van der Waals surface area contributed by atoms with Gasteiger partial charge in [-0.3, -0.25) is 4.90 Å². The van der Waals surface area contributed by atoms with Crippen molar-refractivity contribution in [3.05, 3.63) is 70.3 Å². The molecule has 0 saturated carbocycles. The van der Waals surface area contributed by atoms with Crippen LogP contribution in [0.1, 0.15) is 11.3 Å². The Balaban J connectivity index is 1.67. The summed E-state index contributed by atoms with van der Waals surface area (Å²) in [5, 5.41) is 0. The van der Waals surface area contributed by atoms with E-state index >= 15 is 0 Å². The highest BCUT2D eigenvalue weighted by molar-refractivity contribution is 9.10. The number of hydrogen-bond donors (Lipinski definition) is 0. The molecule has 0 saturated heterocycles. The van der Waals surface area contributed by atoms with Gasteiger partial charge in [0.2, 0.25) is 5.89 Å².